The highest BCUT2D eigenvalue weighted by Crippen LogP contribution is 2.38. The smallest absolute Gasteiger partial charge is 0.282 e. The molecule has 2 aromatic rings. The van der Waals surface area contributed by atoms with Crippen molar-refractivity contribution in [2.45, 2.75) is 26.9 Å². The summed E-state index contributed by atoms with van der Waals surface area (Å²) in [4.78, 5) is 29.8. The fourth-order valence-electron chi connectivity index (χ4n) is 3.49. The molecule has 0 radical (unpaired) electrons. The zero-order valence-corrected chi connectivity index (χ0v) is 18.3. The first-order valence-electron chi connectivity index (χ1n) is 10.3. The van der Waals surface area contributed by atoms with Gasteiger partial charge in [-0.3, -0.25) is 9.59 Å². The molecule has 1 aliphatic heterocycles. The molecule has 0 bridgehead atoms. The van der Waals surface area contributed by atoms with Crippen LogP contribution in [0.5, 0.6) is 11.5 Å². The molecule has 0 spiro atoms. The summed E-state index contributed by atoms with van der Waals surface area (Å²) < 4.78 is 11.3. The van der Waals surface area contributed by atoms with Crippen LogP contribution in [0.1, 0.15) is 26.3 Å². The number of para-hydroxylation sites is 2. The first kappa shape index (κ1) is 22.4. The number of amides is 2. The molecule has 0 unspecified atom stereocenters. The van der Waals surface area contributed by atoms with Crippen LogP contribution in [0, 0.1) is 0 Å². The van der Waals surface area contributed by atoms with E-state index in [4.69, 9.17) is 9.47 Å². The van der Waals surface area contributed by atoms with Crippen LogP contribution in [0.3, 0.4) is 0 Å². The van der Waals surface area contributed by atoms with Crippen molar-refractivity contribution in [2.24, 2.45) is 0 Å². The second-order valence-electron chi connectivity index (χ2n) is 7.41. The maximum absolute atomic E-state index is 13.6. The second kappa shape index (κ2) is 9.66. The monoisotopic (exact) mass is 424 g/mol. The van der Waals surface area contributed by atoms with Gasteiger partial charge >= 0.3 is 0 Å². The van der Waals surface area contributed by atoms with Crippen LogP contribution in [0.25, 0.3) is 5.57 Å². The number of imide groups is 1. The number of ether oxygens (including phenoxy) is 2. The van der Waals surface area contributed by atoms with Gasteiger partial charge in [0.2, 0.25) is 0 Å². The number of aliphatic hydroxyl groups is 1. The summed E-state index contributed by atoms with van der Waals surface area (Å²) in [6.45, 7) is 6.26. The Morgan fingerprint density at radius 2 is 1.71 bits per heavy atom. The third-order valence-corrected chi connectivity index (χ3v) is 4.80. The Hall–Kier alpha value is -3.32. The number of hydrogen-bond donors (Lipinski definition) is 1. The molecule has 0 aromatic heterocycles. The Morgan fingerprint density at radius 3 is 2.32 bits per heavy atom. The van der Waals surface area contributed by atoms with E-state index >= 15 is 0 Å². The normalized spacial score (nSPS) is 13.9. The topological polar surface area (TPSA) is 79.3 Å². The van der Waals surface area contributed by atoms with Gasteiger partial charge in [0, 0.05) is 13.6 Å². The standard InChI is InChI=1S/C24H28N2O5/c1-5-30-18-12-10-17(11-13-18)21-22(25(4)14-15-27)24(29)26(23(21)28)19-8-6-7-9-20(19)31-16(2)3/h6-13,16,27H,5,14-15H2,1-4H3. The molecule has 0 atom stereocenters. The van der Waals surface area contributed by atoms with Gasteiger partial charge < -0.3 is 19.5 Å². The molecule has 0 saturated heterocycles. The summed E-state index contributed by atoms with van der Waals surface area (Å²) in [7, 11) is 1.69. The van der Waals surface area contributed by atoms with Gasteiger partial charge in [-0.1, -0.05) is 24.3 Å². The highest BCUT2D eigenvalue weighted by Gasteiger charge is 2.42. The van der Waals surface area contributed by atoms with E-state index in [1.807, 2.05) is 20.8 Å². The maximum Gasteiger partial charge on any atom is 0.282 e. The highest BCUT2D eigenvalue weighted by molar-refractivity contribution is 6.45. The Kier molecular flexibility index (Phi) is 6.97. The third kappa shape index (κ3) is 4.56. The number of likely N-dealkylation sites (N-methyl/N-ethyl adjacent to an activating group) is 1. The molecule has 2 amide bonds. The third-order valence-electron chi connectivity index (χ3n) is 4.80. The Balaban J connectivity index is 2.09. The van der Waals surface area contributed by atoms with Gasteiger partial charge in [-0.25, -0.2) is 4.90 Å². The summed E-state index contributed by atoms with van der Waals surface area (Å²) >= 11 is 0. The molecule has 0 saturated carbocycles. The van der Waals surface area contributed by atoms with Crippen molar-refractivity contribution >= 4 is 23.1 Å². The number of benzene rings is 2. The van der Waals surface area contributed by atoms with E-state index in [0.717, 1.165) is 4.90 Å². The average molecular weight is 424 g/mol. The van der Waals surface area contributed by atoms with Gasteiger partial charge in [-0.2, -0.15) is 0 Å². The zero-order chi connectivity index (χ0) is 22.5. The molecule has 3 rings (SSSR count). The fourth-order valence-corrected chi connectivity index (χ4v) is 3.49. The van der Waals surface area contributed by atoms with E-state index in [2.05, 4.69) is 0 Å². The van der Waals surface area contributed by atoms with Crippen molar-refractivity contribution in [3.8, 4) is 11.5 Å². The van der Waals surface area contributed by atoms with E-state index < -0.39 is 11.8 Å². The fraction of sp³-hybridized carbons (Fsp3) is 0.333. The first-order valence-corrected chi connectivity index (χ1v) is 10.3. The predicted molar refractivity (Wildman–Crippen MR) is 119 cm³/mol. The van der Waals surface area contributed by atoms with Crippen molar-refractivity contribution < 1.29 is 24.2 Å². The number of carbonyl (C=O) groups excluding carboxylic acids is 2. The molecule has 0 fully saturated rings. The summed E-state index contributed by atoms with van der Waals surface area (Å²) in [6, 6.07) is 14.1. The van der Waals surface area contributed by atoms with Crippen molar-refractivity contribution in [3.05, 3.63) is 59.8 Å². The van der Waals surface area contributed by atoms with E-state index in [0.29, 0.717) is 29.4 Å². The zero-order valence-electron chi connectivity index (χ0n) is 18.3. The first-order chi connectivity index (χ1) is 14.9. The van der Waals surface area contributed by atoms with Gasteiger partial charge in [0.15, 0.2) is 0 Å². The van der Waals surface area contributed by atoms with Gasteiger partial charge in [-0.05, 0) is 50.6 Å². The number of nitrogens with zero attached hydrogens (tertiary/aromatic N) is 2. The minimum Gasteiger partial charge on any atom is -0.494 e. The molecule has 1 heterocycles. The number of anilines is 1. The molecule has 164 valence electrons. The Bertz CT molecular complexity index is 982. The van der Waals surface area contributed by atoms with Crippen LogP contribution in [-0.2, 0) is 9.59 Å². The quantitative estimate of drug-likeness (QED) is 0.624. The van der Waals surface area contributed by atoms with Crippen LogP contribution in [0.15, 0.2) is 54.2 Å². The highest BCUT2D eigenvalue weighted by atomic mass is 16.5. The molecular weight excluding hydrogens is 396 g/mol. The molecule has 0 aliphatic carbocycles. The van der Waals surface area contributed by atoms with Gasteiger partial charge in [0.25, 0.3) is 11.8 Å². The second-order valence-corrected chi connectivity index (χ2v) is 7.41. The van der Waals surface area contributed by atoms with Gasteiger partial charge in [0.1, 0.15) is 17.2 Å². The molecule has 7 heteroatoms. The summed E-state index contributed by atoms with van der Waals surface area (Å²) in [6.07, 6.45) is -0.121. The summed E-state index contributed by atoms with van der Waals surface area (Å²) in [5.74, 6) is 0.246. The van der Waals surface area contributed by atoms with Crippen molar-refractivity contribution in [1.82, 2.24) is 4.90 Å². The SMILES string of the molecule is CCOc1ccc(C2=C(N(C)CCO)C(=O)N(c3ccccc3OC(C)C)C2=O)cc1. The average Bonchev–Trinajstić information content (AvgIpc) is 2.99. The van der Waals surface area contributed by atoms with E-state index in [1.165, 1.54) is 0 Å². The Morgan fingerprint density at radius 1 is 1.03 bits per heavy atom. The van der Waals surface area contributed by atoms with Crippen molar-refractivity contribution in [1.29, 1.82) is 0 Å². The lowest BCUT2D eigenvalue weighted by Crippen LogP contribution is -2.35. The lowest BCUT2D eigenvalue weighted by atomic mass is 10.0. The van der Waals surface area contributed by atoms with E-state index in [-0.39, 0.29) is 30.5 Å². The number of aliphatic hydroxyl groups excluding tert-OH is 1. The van der Waals surface area contributed by atoms with Crippen molar-refractivity contribution in [3.63, 3.8) is 0 Å². The number of rotatable bonds is 9. The molecule has 31 heavy (non-hydrogen) atoms. The van der Waals surface area contributed by atoms with Crippen LogP contribution < -0.4 is 14.4 Å². The lowest BCUT2D eigenvalue weighted by Gasteiger charge is -2.22. The lowest BCUT2D eigenvalue weighted by molar-refractivity contribution is -0.120. The summed E-state index contributed by atoms with van der Waals surface area (Å²) in [5.41, 5.74) is 1.51. The van der Waals surface area contributed by atoms with Crippen LogP contribution in [-0.4, -0.2) is 54.7 Å². The predicted octanol–water partition coefficient (Wildman–Crippen LogP) is 3.08. The maximum atomic E-state index is 13.6. The molecule has 1 N–H and O–H groups in total. The number of hydrogen-bond acceptors (Lipinski definition) is 6. The summed E-state index contributed by atoms with van der Waals surface area (Å²) in [5, 5.41) is 9.42. The van der Waals surface area contributed by atoms with Gasteiger partial charge in [0.05, 0.1) is 30.6 Å². The molecule has 2 aromatic carbocycles. The largest absolute Gasteiger partial charge is 0.494 e. The van der Waals surface area contributed by atoms with Gasteiger partial charge in [-0.15, -0.1) is 0 Å². The molecule has 7 nitrogen and oxygen atoms in total. The molecule has 1 aliphatic rings. The van der Waals surface area contributed by atoms with Crippen LogP contribution in [0.2, 0.25) is 0 Å². The molecular formula is C24H28N2O5. The van der Waals surface area contributed by atoms with E-state index in [9.17, 15) is 14.7 Å². The van der Waals surface area contributed by atoms with E-state index in [1.54, 1.807) is 60.5 Å². The Labute approximate surface area is 182 Å². The van der Waals surface area contributed by atoms with Crippen LogP contribution >= 0.6 is 0 Å². The minimum absolute atomic E-state index is 0.121. The minimum atomic E-state index is -0.454. The van der Waals surface area contributed by atoms with Crippen LogP contribution in [0.4, 0.5) is 5.69 Å². The van der Waals surface area contributed by atoms with Crippen molar-refractivity contribution in [2.75, 3.05) is 31.7 Å². The number of carbonyl (C=O) groups is 2.